The van der Waals surface area contributed by atoms with Crippen LogP contribution in [-0.4, -0.2) is 27.2 Å². The van der Waals surface area contributed by atoms with Crippen LogP contribution in [0.15, 0.2) is 59.5 Å². The van der Waals surface area contributed by atoms with E-state index in [9.17, 15) is 4.79 Å². The van der Waals surface area contributed by atoms with E-state index in [2.05, 4.69) is 9.98 Å². The molecule has 1 aliphatic rings. The number of aliphatic imine (C=N–C) groups is 1. The Morgan fingerprint density at radius 1 is 1.26 bits per heavy atom. The number of pyridine rings is 1. The molecule has 0 bridgehead atoms. The smallest absolute Gasteiger partial charge is 0.278 e. The molecule has 0 radical (unpaired) electrons. The number of rotatable bonds is 3. The molecule has 0 unspecified atom stereocenters. The molecular formula is C17H14ClN3OS. The molecule has 0 atom stereocenters. The van der Waals surface area contributed by atoms with Gasteiger partial charge in [-0.05, 0) is 41.7 Å². The van der Waals surface area contributed by atoms with E-state index in [1.165, 1.54) is 11.8 Å². The molecule has 3 rings (SSSR count). The third-order valence-corrected chi connectivity index (χ3v) is 4.26. The lowest BCUT2D eigenvalue weighted by Crippen LogP contribution is -2.29. The fourth-order valence-electron chi connectivity index (χ4n) is 2.22. The molecule has 2 aromatic rings. The molecule has 0 saturated carbocycles. The quantitative estimate of drug-likeness (QED) is 0.795. The van der Waals surface area contributed by atoms with Crippen molar-refractivity contribution in [3.05, 3.63) is 70.6 Å². The zero-order valence-electron chi connectivity index (χ0n) is 12.4. The molecular weight excluding hydrogens is 330 g/mol. The maximum Gasteiger partial charge on any atom is 0.278 e. The van der Waals surface area contributed by atoms with Crippen molar-refractivity contribution in [2.45, 2.75) is 6.54 Å². The molecule has 0 N–H and O–H groups in total. The topological polar surface area (TPSA) is 45.6 Å². The van der Waals surface area contributed by atoms with Gasteiger partial charge in [-0.3, -0.25) is 14.7 Å². The van der Waals surface area contributed by atoms with E-state index in [1.807, 2.05) is 42.7 Å². The van der Waals surface area contributed by atoms with Crippen LogP contribution in [0.25, 0.3) is 6.08 Å². The van der Waals surface area contributed by atoms with Crippen LogP contribution in [0.3, 0.4) is 0 Å². The Labute approximate surface area is 143 Å². The fourth-order valence-corrected chi connectivity index (χ4v) is 2.90. The average Bonchev–Trinajstić information content (AvgIpc) is 2.86. The summed E-state index contributed by atoms with van der Waals surface area (Å²) in [6.45, 7) is 0.472. The summed E-state index contributed by atoms with van der Waals surface area (Å²) in [6.07, 6.45) is 7.07. The lowest BCUT2D eigenvalue weighted by molar-refractivity contribution is -0.122. The van der Waals surface area contributed by atoms with Gasteiger partial charge in [0.2, 0.25) is 0 Å². The molecule has 2 heterocycles. The van der Waals surface area contributed by atoms with Crippen molar-refractivity contribution in [1.29, 1.82) is 0 Å². The number of aromatic nitrogens is 1. The monoisotopic (exact) mass is 343 g/mol. The van der Waals surface area contributed by atoms with Gasteiger partial charge in [0, 0.05) is 17.4 Å². The highest BCUT2D eigenvalue weighted by Gasteiger charge is 2.29. The van der Waals surface area contributed by atoms with Crippen LogP contribution in [0.5, 0.6) is 0 Å². The summed E-state index contributed by atoms with van der Waals surface area (Å²) >= 11 is 7.36. The van der Waals surface area contributed by atoms with Crippen molar-refractivity contribution in [3.8, 4) is 0 Å². The van der Waals surface area contributed by atoms with E-state index in [0.717, 1.165) is 11.1 Å². The van der Waals surface area contributed by atoms with Crippen molar-refractivity contribution in [2.24, 2.45) is 4.99 Å². The summed E-state index contributed by atoms with van der Waals surface area (Å²) in [5.41, 5.74) is 2.29. The Morgan fingerprint density at radius 3 is 2.70 bits per heavy atom. The van der Waals surface area contributed by atoms with Gasteiger partial charge in [-0.1, -0.05) is 41.6 Å². The third kappa shape index (κ3) is 3.63. The third-order valence-electron chi connectivity index (χ3n) is 3.34. The van der Waals surface area contributed by atoms with Gasteiger partial charge in [0.1, 0.15) is 5.70 Å². The van der Waals surface area contributed by atoms with Crippen LogP contribution >= 0.6 is 23.4 Å². The predicted molar refractivity (Wildman–Crippen MR) is 95.2 cm³/mol. The van der Waals surface area contributed by atoms with E-state index in [1.54, 1.807) is 23.4 Å². The molecule has 4 nitrogen and oxygen atoms in total. The van der Waals surface area contributed by atoms with Crippen molar-refractivity contribution >= 4 is 40.5 Å². The minimum Gasteiger partial charge on any atom is -0.281 e. The van der Waals surface area contributed by atoms with Crippen LogP contribution in [0.4, 0.5) is 0 Å². The second kappa shape index (κ2) is 6.98. The fraction of sp³-hybridized carbons (Fsp3) is 0.118. The number of carbonyl (C=O) groups excluding carboxylic acids is 1. The summed E-state index contributed by atoms with van der Waals surface area (Å²) in [7, 11) is 0. The van der Waals surface area contributed by atoms with E-state index >= 15 is 0 Å². The summed E-state index contributed by atoms with van der Waals surface area (Å²) in [4.78, 5) is 22.8. The number of hydrogen-bond acceptors (Lipinski definition) is 4. The van der Waals surface area contributed by atoms with E-state index in [0.29, 0.717) is 22.4 Å². The first kappa shape index (κ1) is 15.8. The second-order valence-corrected chi connectivity index (χ2v) is 6.14. The predicted octanol–water partition coefficient (Wildman–Crippen LogP) is 3.84. The zero-order chi connectivity index (χ0) is 16.2. The van der Waals surface area contributed by atoms with Crippen molar-refractivity contribution in [1.82, 2.24) is 9.88 Å². The minimum absolute atomic E-state index is 0.104. The second-order valence-electron chi connectivity index (χ2n) is 4.93. The highest BCUT2D eigenvalue weighted by atomic mass is 35.5. The molecule has 1 aliphatic heterocycles. The lowest BCUT2D eigenvalue weighted by Gasteiger charge is -2.16. The standard InChI is InChI=1S/C17H14ClN3OS/c1-23-17-20-15(9-13-3-2-8-19-10-13)16(22)21(17)11-12-4-6-14(18)7-5-12/h2-10H,11H2,1H3/b15-9+. The van der Waals surface area contributed by atoms with Gasteiger partial charge in [-0.2, -0.15) is 0 Å². The normalized spacial score (nSPS) is 16.1. The minimum atomic E-state index is -0.104. The molecule has 0 saturated heterocycles. The molecule has 1 aromatic heterocycles. The Bertz CT molecular complexity index is 772. The van der Waals surface area contributed by atoms with Crippen LogP contribution in [-0.2, 0) is 11.3 Å². The maximum atomic E-state index is 12.6. The first-order chi connectivity index (χ1) is 11.2. The molecule has 1 amide bonds. The van der Waals surface area contributed by atoms with Gasteiger partial charge in [0.15, 0.2) is 5.17 Å². The van der Waals surface area contributed by atoms with Gasteiger partial charge >= 0.3 is 0 Å². The number of amides is 1. The SMILES string of the molecule is CSC1=N/C(=C/c2cccnc2)C(=O)N1Cc1ccc(Cl)cc1. The van der Waals surface area contributed by atoms with Gasteiger partial charge in [0.25, 0.3) is 5.91 Å². The van der Waals surface area contributed by atoms with Gasteiger partial charge < -0.3 is 0 Å². The van der Waals surface area contributed by atoms with E-state index in [4.69, 9.17) is 11.6 Å². The maximum absolute atomic E-state index is 12.6. The number of amidine groups is 1. The van der Waals surface area contributed by atoms with E-state index < -0.39 is 0 Å². The zero-order valence-corrected chi connectivity index (χ0v) is 14.0. The molecule has 23 heavy (non-hydrogen) atoms. The summed E-state index contributed by atoms with van der Waals surface area (Å²) < 4.78 is 0. The van der Waals surface area contributed by atoms with Crippen LogP contribution in [0.2, 0.25) is 5.02 Å². The van der Waals surface area contributed by atoms with Gasteiger partial charge in [0.05, 0.1) is 6.54 Å². The summed E-state index contributed by atoms with van der Waals surface area (Å²) in [5, 5.41) is 1.37. The average molecular weight is 344 g/mol. The number of thioether (sulfide) groups is 1. The van der Waals surface area contributed by atoms with Crippen molar-refractivity contribution < 1.29 is 4.79 Å². The number of hydrogen-bond donors (Lipinski definition) is 0. The summed E-state index contributed by atoms with van der Waals surface area (Å²) in [6, 6.07) is 11.2. The molecule has 0 fully saturated rings. The first-order valence-corrected chi connectivity index (χ1v) is 8.58. The number of halogens is 1. The Balaban J connectivity index is 1.85. The molecule has 0 aliphatic carbocycles. The number of nitrogens with zero attached hydrogens (tertiary/aromatic N) is 3. The Morgan fingerprint density at radius 2 is 2.04 bits per heavy atom. The van der Waals surface area contributed by atoms with Crippen molar-refractivity contribution in [3.63, 3.8) is 0 Å². The highest BCUT2D eigenvalue weighted by molar-refractivity contribution is 8.13. The number of benzene rings is 1. The van der Waals surface area contributed by atoms with Crippen molar-refractivity contribution in [2.75, 3.05) is 6.26 Å². The molecule has 0 spiro atoms. The van der Waals surface area contributed by atoms with Gasteiger partial charge in [-0.25, -0.2) is 4.99 Å². The van der Waals surface area contributed by atoms with Crippen LogP contribution in [0, 0.1) is 0 Å². The molecule has 6 heteroatoms. The van der Waals surface area contributed by atoms with Crippen LogP contribution in [0.1, 0.15) is 11.1 Å². The highest BCUT2D eigenvalue weighted by Crippen LogP contribution is 2.24. The number of carbonyl (C=O) groups is 1. The van der Waals surface area contributed by atoms with Crippen LogP contribution < -0.4 is 0 Å². The lowest BCUT2D eigenvalue weighted by atomic mass is 10.2. The van der Waals surface area contributed by atoms with Gasteiger partial charge in [-0.15, -0.1) is 0 Å². The Kier molecular flexibility index (Phi) is 4.79. The first-order valence-electron chi connectivity index (χ1n) is 6.98. The largest absolute Gasteiger partial charge is 0.281 e. The summed E-state index contributed by atoms with van der Waals surface area (Å²) in [5.74, 6) is -0.104. The Hall–Kier alpha value is -2.11. The van der Waals surface area contributed by atoms with E-state index in [-0.39, 0.29) is 5.91 Å². The molecule has 116 valence electrons. The molecule has 1 aromatic carbocycles.